The highest BCUT2D eigenvalue weighted by Gasteiger charge is 2.27. The van der Waals surface area contributed by atoms with Crippen LogP contribution in [0.4, 0.5) is 0 Å². The Morgan fingerprint density at radius 1 is 0.805 bits per heavy atom. The summed E-state index contributed by atoms with van der Waals surface area (Å²) in [7, 11) is -9.02. The van der Waals surface area contributed by atoms with Gasteiger partial charge in [0.05, 0.1) is 5.39 Å². The molecule has 0 aliphatic rings. The third-order valence-corrected chi connectivity index (χ3v) is 8.99. The van der Waals surface area contributed by atoms with Gasteiger partial charge in [-0.05, 0) is 66.3 Å². The van der Waals surface area contributed by atoms with Crippen molar-refractivity contribution in [3.63, 3.8) is 0 Å². The molecule has 1 amide bonds. The molecule has 0 spiro atoms. The van der Waals surface area contributed by atoms with Gasteiger partial charge in [-0.15, -0.1) is 0 Å². The van der Waals surface area contributed by atoms with Crippen molar-refractivity contribution in [2.45, 2.75) is 43.4 Å². The Kier molecular flexibility index (Phi) is 8.17. The Morgan fingerprint density at radius 3 is 1.98 bits per heavy atom. The van der Waals surface area contributed by atoms with Crippen LogP contribution in [0.2, 0.25) is 0 Å². The summed E-state index contributed by atoms with van der Waals surface area (Å²) in [6.07, 6.45) is 2.67. The number of aryl methyl sites for hydroxylation is 2. The van der Waals surface area contributed by atoms with E-state index >= 15 is 0 Å². The minimum atomic E-state index is -4.90. The standard InChI is InChI=1S/C30H31NO8S2/c1-5-6-13-31-30(34)22-10-8-20(15-18(22)3)19-7-9-21(17(2)14-19)23-11-12-24-25(41(37,38)39)16-26(40(4,35)36)29(33)27(24)28(23)32/h7-12,14-16,32-33H,5-6,13H2,1-4H3,(H,31,34)(H,37,38,39). The lowest BCUT2D eigenvalue weighted by molar-refractivity contribution is 0.0952. The summed E-state index contributed by atoms with van der Waals surface area (Å²) < 4.78 is 58.4. The molecule has 0 fully saturated rings. The Morgan fingerprint density at radius 2 is 1.41 bits per heavy atom. The number of hydrogen-bond acceptors (Lipinski definition) is 7. The van der Waals surface area contributed by atoms with Crippen LogP contribution in [0, 0.1) is 13.8 Å². The van der Waals surface area contributed by atoms with E-state index in [9.17, 15) is 36.4 Å². The van der Waals surface area contributed by atoms with E-state index in [1.54, 1.807) is 19.1 Å². The van der Waals surface area contributed by atoms with Gasteiger partial charge < -0.3 is 15.5 Å². The number of amides is 1. The number of carbonyl (C=O) groups is 1. The minimum Gasteiger partial charge on any atom is -0.507 e. The summed E-state index contributed by atoms with van der Waals surface area (Å²) in [5.41, 5.74) is 4.63. The van der Waals surface area contributed by atoms with Crippen molar-refractivity contribution >= 4 is 36.6 Å². The van der Waals surface area contributed by atoms with Crippen molar-refractivity contribution < 1.29 is 36.4 Å². The third-order valence-electron chi connectivity index (χ3n) is 6.99. The smallest absolute Gasteiger partial charge is 0.295 e. The van der Waals surface area contributed by atoms with Crippen LogP contribution in [0.5, 0.6) is 11.5 Å². The Bertz CT molecular complexity index is 1910. The minimum absolute atomic E-state index is 0.125. The number of nitrogens with one attached hydrogen (secondary N) is 1. The van der Waals surface area contributed by atoms with Crippen molar-refractivity contribution in [1.29, 1.82) is 0 Å². The van der Waals surface area contributed by atoms with Crippen LogP contribution in [-0.4, -0.2) is 50.3 Å². The van der Waals surface area contributed by atoms with Crippen molar-refractivity contribution in [2.24, 2.45) is 0 Å². The van der Waals surface area contributed by atoms with Crippen molar-refractivity contribution in [1.82, 2.24) is 5.32 Å². The fourth-order valence-electron chi connectivity index (χ4n) is 4.86. The lowest BCUT2D eigenvalue weighted by Gasteiger charge is -2.16. The molecule has 216 valence electrons. The fraction of sp³-hybridized carbons (Fsp3) is 0.233. The van der Waals surface area contributed by atoms with Crippen LogP contribution >= 0.6 is 0 Å². The molecular formula is C30H31NO8S2. The second-order valence-corrected chi connectivity index (χ2v) is 13.4. The van der Waals surface area contributed by atoms with Crippen LogP contribution in [0.1, 0.15) is 41.3 Å². The zero-order valence-electron chi connectivity index (χ0n) is 23.0. The molecule has 0 aromatic heterocycles. The van der Waals surface area contributed by atoms with Crippen LogP contribution < -0.4 is 5.32 Å². The first-order valence-electron chi connectivity index (χ1n) is 12.8. The molecule has 0 unspecified atom stereocenters. The topological polar surface area (TPSA) is 158 Å². The number of fused-ring (bicyclic) bond motifs is 1. The summed E-state index contributed by atoms with van der Waals surface area (Å²) in [6, 6.07) is 14.4. The monoisotopic (exact) mass is 597 g/mol. The Balaban J connectivity index is 1.80. The summed E-state index contributed by atoms with van der Waals surface area (Å²) in [6.45, 7) is 6.34. The number of carbonyl (C=O) groups excluding carboxylic acids is 1. The van der Waals surface area contributed by atoms with Gasteiger partial charge in [0, 0.05) is 29.3 Å². The van der Waals surface area contributed by atoms with E-state index in [0.717, 1.165) is 41.4 Å². The van der Waals surface area contributed by atoms with Crippen LogP contribution in [0.15, 0.2) is 64.4 Å². The number of benzene rings is 4. The molecule has 0 saturated carbocycles. The molecule has 4 aromatic carbocycles. The van der Waals surface area contributed by atoms with Gasteiger partial charge in [-0.1, -0.05) is 49.7 Å². The summed E-state index contributed by atoms with van der Waals surface area (Å²) in [5.74, 6) is -1.49. The molecule has 4 N–H and O–H groups in total. The maximum absolute atomic E-state index is 12.5. The summed E-state index contributed by atoms with van der Waals surface area (Å²) in [5, 5.41) is 24.3. The van der Waals surface area contributed by atoms with Crippen LogP contribution in [-0.2, 0) is 20.0 Å². The first kappa shape index (κ1) is 30.0. The van der Waals surface area contributed by atoms with Crippen molar-refractivity contribution in [3.8, 4) is 33.8 Å². The first-order chi connectivity index (χ1) is 19.1. The molecule has 41 heavy (non-hydrogen) atoms. The number of phenols is 2. The lowest BCUT2D eigenvalue weighted by Crippen LogP contribution is -2.25. The van der Waals surface area contributed by atoms with E-state index in [1.807, 2.05) is 31.2 Å². The van der Waals surface area contributed by atoms with Gasteiger partial charge in [0.25, 0.3) is 16.0 Å². The highest BCUT2D eigenvalue weighted by Crippen LogP contribution is 2.46. The molecule has 0 atom stereocenters. The van der Waals surface area contributed by atoms with Gasteiger partial charge in [-0.3, -0.25) is 9.35 Å². The predicted octanol–water partition coefficient (Wildman–Crippen LogP) is 5.38. The van der Waals surface area contributed by atoms with E-state index in [0.29, 0.717) is 23.7 Å². The quantitative estimate of drug-likeness (QED) is 0.156. The summed E-state index contributed by atoms with van der Waals surface area (Å²) in [4.78, 5) is 11.0. The average molecular weight is 598 g/mol. The second-order valence-electron chi connectivity index (χ2n) is 10.0. The Hall–Kier alpha value is -3.93. The lowest BCUT2D eigenvalue weighted by atomic mass is 9.92. The number of rotatable bonds is 8. The van der Waals surface area contributed by atoms with E-state index in [4.69, 9.17) is 0 Å². The number of sulfone groups is 1. The molecule has 0 radical (unpaired) electrons. The van der Waals surface area contributed by atoms with Gasteiger partial charge in [0.2, 0.25) is 0 Å². The largest absolute Gasteiger partial charge is 0.507 e. The molecule has 0 aliphatic carbocycles. The number of aromatic hydroxyl groups is 2. The van der Waals surface area contributed by atoms with Gasteiger partial charge in [-0.2, -0.15) is 8.42 Å². The van der Waals surface area contributed by atoms with Gasteiger partial charge >= 0.3 is 0 Å². The van der Waals surface area contributed by atoms with Crippen LogP contribution in [0.25, 0.3) is 33.0 Å². The average Bonchev–Trinajstić information content (AvgIpc) is 2.87. The number of unbranched alkanes of at least 4 members (excludes halogenated alkanes) is 1. The van der Waals surface area contributed by atoms with Gasteiger partial charge in [0.1, 0.15) is 21.3 Å². The van der Waals surface area contributed by atoms with Crippen molar-refractivity contribution in [2.75, 3.05) is 12.8 Å². The van der Waals surface area contributed by atoms with E-state index in [1.165, 1.54) is 12.1 Å². The molecule has 0 bridgehead atoms. The highest BCUT2D eigenvalue weighted by molar-refractivity contribution is 7.91. The van der Waals surface area contributed by atoms with Crippen molar-refractivity contribution in [3.05, 3.63) is 71.3 Å². The molecule has 4 rings (SSSR count). The van der Waals surface area contributed by atoms with E-state index in [2.05, 4.69) is 12.2 Å². The normalized spacial score (nSPS) is 12.0. The summed E-state index contributed by atoms with van der Waals surface area (Å²) >= 11 is 0. The molecule has 11 heteroatoms. The zero-order chi connectivity index (χ0) is 30.3. The van der Waals surface area contributed by atoms with Gasteiger partial charge in [0.15, 0.2) is 9.84 Å². The number of hydrogen-bond donors (Lipinski definition) is 4. The molecule has 0 saturated heterocycles. The van der Waals surface area contributed by atoms with E-state index < -0.39 is 46.6 Å². The molecule has 4 aromatic rings. The van der Waals surface area contributed by atoms with Gasteiger partial charge in [-0.25, -0.2) is 8.42 Å². The number of phenolic OH excluding ortho intramolecular Hbond substituents is 2. The first-order valence-corrected chi connectivity index (χ1v) is 16.2. The molecular weight excluding hydrogens is 566 g/mol. The Labute approximate surface area is 239 Å². The molecule has 0 aliphatic heterocycles. The zero-order valence-corrected chi connectivity index (χ0v) is 24.6. The predicted molar refractivity (Wildman–Crippen MR) is 158 cm³/mol. The highest BCUT2D eigenvalue weighted by atomic mass is 32.2. The maximum atomic E-state index is 12.5. The molecule has 0 heterocycles. The molecule has 9 nitrogen and oxygen atoms in total. The van der Waals surface area contributed by atoms with Crippen LogP contribution in [0.3, 0.4) is 0 Å². The SMILES string of the molecule is CCCCNC(=O)c1ccc(-c2ccc(-c3ccc4c(S(=O)(=O)O)cc(S(C)(=O)=O)c(O)c4c3O)c(C)c2)cc1C. The maximum Gasteiger partial charge on any atom is 0.295 e. The fourth-order valence-corrected chi connectivity index (χ4v) is 6.43. The third kappa shape index (κ3) is 5.92. The second kappa shape index (κ2) is 11.2. The van der Waals surface area contributed by atoms with E-state index in [-0.39, 0.29) is 16.9 Å².